The van der Waals surface area contributed by atoms with Gasteiger partial charge >= 0.3 is 0 Å². The van der Waals surface area contributed by atoms with Crippen LogP contribution in [-0.2, 0) is 0 Å². The molecule has 0 spiro atoms. The Bertz CT molecular complexity index is 12.3. The van der Waals surface area contributed by atoms with E-state index in [4.69, 9.17) is 0 Å². The zero-order valence-electron chi connectivity index (χ0n) is 9.99. The largest absolute Gasteiger partial charge is 0.0776 e. The van der Waals surface area contributed by atoms with Gasteiger partial charge in [-0.05, 0) is 0 Å². The highest BCUT2D eigenvalue weighted by Crippen LogP contribution is 1.56. The zero-order valence-corrected chi connectivity index (χ0v) is 9.99. The van der Waals surface area contributed by atoms with Crippen LogP contribution in [0.15, 0.2) is 0 Å². The number of hydrogen-bond donors (Lipinski definition) is 0. The van der Waals surface area contributed by atoms with E-state index in [0.29, 0.717) is 0 Å². The molecule has 0 saturated carbocycles. The van der Waals surface area contributed by atoms with Gasteiger partial charge in [0.1, 0.15) is 0 Å². The van der Waals surface area contributed by atoms with Gasteiger partial charge in [0, 0.05) is 9.84 Å². The highest BCUT2D eigenvalue weighted by molar-refractivity contribution is 5.75. The average molecular weight is 194 g/mol. The van der Waals surface area contributed by atoms with Gasteiger partial charge in [-0.25, -0.2) is 0 Å². The molecule has 1 heteroatoms. The van der Waals surface area contributed by atoms with E-state index in [1.54, 1.807) is 0 Å². The second-order valence-electron chi connectivity index (χ2n) is 1.41. The lowest BCUT2D eigenvalue weighted by Crippen LogP contribution is -1.27. The summed E-state index contributed by atoms with van der Waals surface area (Å²) in [4.78, 5) is 0. The maximum atomic E-state index is 2.12. The van der Waals surface area contributed by atoms with E-state index in [0.717, 1.165) is 0 Å². The average Bonchev–Trinajstić information content (AvgIpc) is 1.99. The SMILES string of the molecule is C.C.CC.CC.CCC.CCC.[2HH].[B]. The minimum Gasteiger partial charge on any atom is -0.0776 e. The van der Waals surface area contributed by atoms with E-state index in [9.17, 15) is 0 Å². The van der Waals surface area contributed by atoms with Crippen molar-refractivity contribution in [3.05, 3.63) is 0 Å². The van der Waals surface area contributed by atoms with Crippen LogP contribution in [0.4, 0.5) is 0 Å². The van der Waals surface area contributed by atoms with Crippen LogP contribution in [0, 0.1) is 0 Å². The Morgan fingerprint density at radius 2 is 0.615 bits per heavy atom. The van der Waals surface area contributed by atoms with E-state index in [1.165, 1.54) is 12.8 Å². The van der Waals surface area contributed by atoms with E-state index in [2.05, 4.69) is 27.7 Å². The smallest absolute Gasteiger partial charge is 0 e. The van der Waals surface area contributed by atoms with Crippen LogP contribution in [0.5, 0.6) is 0 Å². The molecule has 3 radical (unpaired) electrons. The van der Waals surface area contributed by atoms with Gasteiger partial charge in [-0.15, -0.1) is 0 Å². The Hall–Kier alpha value is 0.0649. The topological polar surface area (TPSA) is 0 Å². The first-order valence-corrected chi connectivity index (χ1v) is 4.83. The lowest BCUT2D eigenvalue weighted by atomic mass is 10.6. The van der Waals surface area contributed by atoms with Crippen LogP contribution in [0.25, 0.3) is 0 Å². The van der Waals surface area contributed by atoms with Crippen LogP contribution in [-0.4, -0.2) is 8.41 Å². The Labute approximate surface area is 93.6 Å². The molecule has 0 heterocycles. The normalized spacial score (nSPS) is 3.69. The van der Waals surface area contributed by atoms with Crippen molar-refractivity contribution in [3.63, 3.8) is 0 Å². The predicted molar refractivity (Wildman–Crippen MR) is 76.0 cm³/mol. The zero-order chi connectivity index (χ0) is 9.41. The third-order valence-corrected chi connectivity index (χ3v) is 0. The van der Waals surface area contributed by atoms with Gasteiger partial charge in [0.05, 0.1) is 0 Å². The molecule has 0 aliphatic carbocycles. The maximum absolute atomic E-state index is 2.12. The molecule has 0 aromatic rings. The van der Waals surface area contributed by atoms with Gasteiger partial charge in [-0.1, -0.05) is 83.1 Å². The van der Waals surface area contributed by atoms with Crippen molar-refractivity contribution in [1.29, 1.82) is 0 Å². The Morgan fingerprint density at radius 3 is 0.615 bits per heavy atom. The molecule has 0 aliphatic heterocycles. The number of rotatable bonds is 0. The molecule has 0 bridgehead atoms. The van der Waals surface area contributed by atoms with Crippen molar-refractivity contribution in [1.82, 2.24) is 0 Å². The molecular formula is C12H38B. The minimum atomic E-state index is 0. The van der Waals surface area contributed by atoms with Gasteiger partial charge in [0.15, 0.2) is 0 Å². The fraction of sp³-hybridized carbons (Fsp3) is 1.00. The van der Waals surface area contributed by atoms with E-state index in [1.807, 2.05) is 27.7 Å². The Kier molecular flexibility index (Phi) is 1380. The van der Waals surface area contributed by atoms with Crippen LogP contribution < -0.4 is 0 Å². The molecule has 0 aliphatic rings. The minimum absolute atomic E-state index is 0. The van der Waals surface area contributed by atoms with Crippen LogP contribution >= 0.6 is 0 Å². The van der Waals surface area contributed by atoms with Gasteiger partial charge in [0.2, 0.25) is 0 Å². The summed E-state index contributed by atoms with van der Waals surface area (Å²) in [6.07, 6.45) is 2.50. The lowest BCUT2D eigenvalue weighted by molar-refractivity contribution is 1.09. The van der Waals surface area contributed by atoms with Crippen molar-refractivity contribution in [3.8, 4) is 0 Å². The van der Waals surface area contributed by atoms with Crippen LogP contribution in [0.3, 0.4) is 0 Å². The second-order valence-corrected chi connectivity index (χ2v) is 1.41. The second kappa shape index (κ2) is 346. The summed E-state index contributed by atoms with van der Waals surface area (Å²) in [5.41, 5.74) is 0. The summed E-state index contributed by atoms with van der Waals surface area (Å²) < 4.78 is 0. The first-order valence-electron chi connectivity index (χ1n) is 4.83. The van der Waals surface area contributed by atoms with E-state index in [-0.39, 0.29) is 24.7 Å². The molecule has 0 N–H and O–H groups in total. The summed E-state index contributed by atoms with van der Waals surface area (Å²) in [6.45, 7) is 16.5. The van der Waals surface area contributed by atoms with E-state index < -0.39 is 0 Å². The molecule has 0 aromatic heterocycles. The standard InChI is InChI=1S/2C3H8.2C2H6.2CH4.B.H2/c2*1-3-2;2*1-2;;;;/h2*3H2,1-2H3;2*1-2H3;2*1H4;;1H/i;;;;;;;1+1. The fourth-order valence-electron chi connectivity index (χ4n) is 0. The van der Waals surface area contributed by atoms with Gasteiger partial charge in [-0.2, -0.15) is 0 Å². The Balaban J connectivity index is -0.00000000530. The third-order valence-electron chi connectivity index (χ3n) is 0. The van der Waals surface area contributed by atoms with Gasteiger partial charge < -0.3 is 0 Å². The molecule has 0 atom stereocenters. The quantitative estimate of drug-likeness (QED) is 0.413. The van der Waals surface area contributed by atoms with Gasteiger partial charge in [0.25, 0.3) is 0 Å². The molecule has 0 unspecified atom stereocenters. The van der Waals surface area contributed by atoms with Crippen molar-refractivity contribution in [2.45, 2.75) is 83.1 Å². The molecule has 0 nitrogen and oxygen atoms in total. The molecule has 0 aromatic carbocycles. The predicted octanol–water partition coefficient (Wildman–Crippen LogP) is 6.02. The summed E-state index contributed by atoms with van der Waals surface area (Å²) in [7, 11) is 0. The molecule has 89 valence electrons. The molecular weight excluding hydrogens is 155 g/mol. The maximum Gasteiger partial charge on any atom is 0 e. The molecule has 0 rings (SSSR count). The summed E-state index contributed by atoms with van der Waals surface area (Å²) in [5, 5.41) is 0. The fourth-order valence-corrected chi connectivity index (χ4v) is 0. The van der Waals surface area contributed by atoms with Crippen molar-refractivity contribution >= 4 is 8.41 Å². The van der Waals surface area contributed by atoms with Crippen LogP contribution in [0.2, 0.25) is 0 Å². The molecule has 13 heavy (non-hydrogen) atoms. The first-order chi connectivity index (χ1) is 4.83. The lowest BCUT2D eigenvalue weighted by Gasteiger charge is -1.48. The monoisotopic (exact) mass is 194 g/mol. The van der Waals surface area contributed by atoms with Crippen LogP contribution in [0.1, 0.15) is 84.5 Å². The highest BCUT2D eigenvalue weighted by atomic mass is 13.4. The third kappa shape index (κ3) is 290000. The van der Waals surface area contributed by atoms with E-state index >= 15 is 0 Å². The Morgan fingerprint density at radius 1 is 0.615 bits per heavy atom. The highest BCUT2D eigenvalue weighted by Gasteiger charge is 1.36. The molecule has 0 amide bonds. The summed E-state index contributed by atoms with van der Waals surface area (Å²) >= 11 is 0. The van der Waals surface area contributed by atoms with Gasteiger partial charge in [-0.3, -0.25) is 0 Å². The van der Waals surface area contributed by atoms with Crippen molar-refractivity contribution in [2.24, 2.45) is 0 Å². The molecule has 0 saturated heterocycles. The summed E-state index contributed by atoms with van der Waals surface area (Å²) in [6, 6.07) is 0. The summed E-state index contributed by atoms with van der Waals surface area (Å²) in [5.74, 6) is 0. The van der Waals surface area contributed by atoms with Crippen molar-refractivity contribution in [2.75, 3.05) is 0 Å². The van der Waals surface area contributed by atoms with Crippen molar-refractivity contribution < 1.29 is 1.43 Å². The first kappa shape index (κ1) is 51.7. The number of hydrogen-bond acceptors (Lipinski definition) is 0. The molecule has 0 fully saturated rings.